The van der Waals surface area contributed by atoms with E-state index in [4.69, 9.17) is 4.74 Å². The zero-order valence-corrected chi connectivity index (χ0v) is 12.4. The molecular formula is C17H16F3NO2. The largest absolute Gasteiger partial charge is 0.481 e. The Morgan fingerprint density at radius 1 is 1.04 bits per heavy atom. The van der Waals surface area contributed by atoms with Gasteiger partial charge in [-0.2, -0.15) is 13.2 Å². The van der Waals surface area contributed by atoms with Crippen LogP contribution in [0.5, 0.6) is 5.75 Å². The molecule has 0 radical (unpaired) electrons. The van der Waals surface area contributed by atoms with Crippen molar-refractivity contribution < 1.29 is 22.7 Å². The third kappa shape index (κ3) is 5.32. The zero-order chi connectivity index (χ0) is 16.9. The van der Waals surface area contributed by atoms with Gasteiger partial charge in [-0.05, 0) is 30.2 Å². The van der Waals surface area contributed by atoms with Crippen molar-refractivity contribution in [3.8, 4) is 16.9 Å². The van der Waals surface area contributed by atoms with Gasteiger partial charge in [-0.1, -0.05) is 42.5 Å². The molecule has 2 aromatic carbocycles. The maximum atomic E-state index is 12.1. The Labute approximate surface area is 132 Å². The second-order valence-electron chi connectivity index (χ2n) is 4.98. The van der Waals surface area contributed by atoms with Crippen molar-refractivity contribution in [2.45, 2.75) is 19.2 Å². The van der Waals surface area contributed by atoms with Crippen molar-refractivity contribution in [2.24, 2.45) is 0 Å². The molecule has 0 aromatic heterocycles. The average molecular weight is 323 g/mol. The highest BCUT2D eigenvalue weighted by atomic mass is 19.4. The fourth-order valence-corrected chi connectivity index (χ4v) is 1.95. The number of hydrogen-bond acceptors (Lipinski definition) is 2. The molecular weight excluding hydrogens is 307 g/mol. The first-order valence-corrected chi connectivity index (χ1v) is 7.02. The molecule has 1 N–H and O–H groups in total. The van der Waals surface area contributed by atoms with E-state index < -0.39 is 24.7 Å². The van der Waals surface area contributed by atoms with Gasteiger partial charge >= 0.3 is 6.18 Å². The van der Waals surface area contributed by atoms with Gasteiger partial charge in [0, 0.05) is 0 Å². The van der Waals surface area contributed by atoms with Gasteiger partial charge in [0.1, 0.15) is 12.3 Å². The second-order valence-corrected chi connectivity index (χ2v) is 4.98. The van der Waals surface area contributed by atoms with Crippen molar-refractivity contribution in [2.75, 3.05) is 6.54 Å². The molecule has 23 heavy (non-hydrogen) atoms. The van der Waals surface area contributed by atoms with E-state index in [9.17, 15) is 18.0 Å². The highest BCUT2D eigenvalue weighted by Crippen LogP contribution is 2.22. The van der Waals surface area contributed by atoms with Gasteiger partial charge in [-0.15, -0.1) is 0 Å². The summed E-state index contributed by atoms with van der Waals surface area (Å²) in [7, 11) is 0. The number of amides is 1. The highest BCUT2D eigenvalue weighted by molar-refractivity contribution is 5.80. The molecule has 0 saturated heterocycles. The van der Waals surface area contributed by atoms with Crippen LogP contribution in [-0.4, -0.2) is 24.7 Å². The first-order valence-electron chi connectivity index (χ1n) is 7.02. The Balaban J connectivity index is 1.94. The van der Waals surface area contributed by atoms with Gasteiger partial charge in [0.05, 0.1) is 0 Å². The molecule has 0 fully saturated rings. The van der Waals surface area contributed by atoms with Gasteiger partial charge in [-0.3, -0.25) is 4.79 Å². The standard InChI is InChI=1S/C17H16F3NO2/c1-12(16(22)21-11-17(18,19)20)23-15-9-7-14(8-10-15)13-5-3-2-4-6-13/h2-10,12H,11H2,1H3,(H,21,22). The highest BCUT2D eigenvalue weighted by Gasteiger charge is 2.29. The predicted molar refractivity (Wildman–Crippen MR) is 81.0 cm³/mol. The summed E-state index contributed by atoms with van der Waals surface area (Å²) in [5, 5.41) is 1.79. The number of rotatable bonds is 5. The van der Waals surface area contributed by atoms with Crippen LogP contribution in [-0.2, 0) is 4.79 Å². The van der Waals surface area contributed by atoms with E-state index in [0.717, 1.165) is 11.1 Å². The molecule has 122 valence electrons. The maximum absolute atomic E-state index is 12.1. The van der Waals surface area contributed by atoms with E-state index in [1.165, 1.54) is 6.92 Å². The molecule has 6 heteroatoms. The van der Waals surface area contributed by atoms with Crippen LogP contribution in [0.15, 0.2) is 54.6 Å². The number of benzene rings is 2. The molecule has 2 aromatic rings. The molecule has 0 bridgehead atoms. The Bertz CT molecular complexity index is 639. The monoisotopic (exact) mass is 323 g/mol. The number of nitrogens with one attached hydrogen (secondary N) is 1. The molecule has 0 saturated carbocycles. The van der Waals surface area contributed by atoms with E-state index in [0.29, 0.717) is 5.75 Å². The SMILES string of the molecule is CC(Oc1ccc(-c2ccccc2)cc1)C(=O)NCC(F)(F)F. The van der Waals surface area contributed by atoms with Crippen LogP contribution in [0.3, 0.4) is 0 Å². The lowest BCUT2D eigenvalue weighted by molar-refractivity contribution is -0.142. The Morgan fingerprint density at radius 2 is 1.61 bits per heavy atom. The summed E-state index contributed by atoms with van der Waals surface area (Å²) in [4.78, 5) is 11.5. The molecule has 0 spiro atoms. The summed E-state index contributed by atoms with van der Waals surface area (Å²) in [6.07, 6.45) is -5.45. The molecule has 1 amide bonds. The van der Waals surface area contributed by atoms with E-state index in [1.807, 2.05) is 42.5 Å². The molecule has 0 heterocycles. The van der Waals surface area contributed by atoms with Gasteiger partial charge in [-0.25, -0.2) is 0 Å². The molecule has 1 atom stereocenters. The van der Waals surface area contributed by atoms with Gasteiger partial charge in [0.15, 0.2) is 6.10 Å². The van der Waals surface area contributed by atoms with E-state index >= 15 is 0 Å². The van der Waals surface area contributed by atoms with Crippen molar-refractivity contribution in [3.05, 3.63) is 54.6 Å². The average Bonchev–Trinajstić information content (AvgIpc) is 2.53. The van der Waals surface area contributed by atoms with Gasteiger partial charge in [0.25, 0.3) is 5.91 Å². The zero-order valence-electron chi connectivity index (χ0n) is 12.4. The first kappa shape index (κ1) is 16.9. The Hall–Kier alpha value is -2.50. The van der Waals surface area contributed by atoms with Gasteiger partial charge in [0.2, 0.25) is 0 Å². The Kier molecular flexibility index (Phi) is 5.26. The number of ether oxygens (including phenoxy) is 1. The Morgan fingerprint density at radius 3 is 2.17 bits per heavy atom. The van der Waals surface area contributed by atoms with E-state index in [2.05, 4.69) is 0 Å². The molecule has 0 aliphatic carbocycles. The number of carbonyl (C=O) groups excluding carboxylic acids is 1. The third-order valence-corrected chi connectivity index (χ3v) is 3.11. The van der Waals surface area contributed by atoms with Crippen LogP contribution in [0.2, 0.25) is 0 Å². The minimum absolute atomic E-state index is 0.416. The molecule has 2 rings (SSSR count). The lowest BCUT2D eigenvalue weighted by Gasteiger charge is -2.15. The summed E-state index contributed by atoms with van der Waals surface area (Å²) in [6, 6.07) is 16.7. The van der Waals surface area contributed by atoms with Crippen LogP contribution in [0.25, 0.3) is 11.1 Å². The lowest BCUT2D eigenvalue weighted by atomic mass is 10.1. The minimum Gasteiger partial charge on any atom is -0.481 e. The van der Waals surface area contributed by atoms with Crippen molar-refractivity contribution in [1.29, 1.82) is 0 Å². The smallest absolute Gasteiger partial charge is 0.405 e. The normalized spacial score (nSPS) is 12.5. The summed E-state index contributed by atoms with van der Waals surface area (Å²) in [5.41, 5.74) is 2.02. The molecule has 1 unspecified atom stereocenters. The number of halogens is 3. The van der Waals surface area contributed by atoms with Crippen LogP contribution in [0.4, 0.5) is 13.2 Å². The van der Waals surface area contributed by atoms with Crippen LogP contribution in [0.1, 0.15) is 6.92 Å². The predicted octanol–water partition coefficient (Wildman–Crippen LogP) is 3.80. The summed E-state index contributed by atoms with van der Waals surface area (Å²) in [6.45, 7) is 0.0310. The number of hydrogen-bond donors (Lipinski definition) is 1. The van der Waals surface area contributed by atoms with Crippen LogP contribution < -0.4 is 10.1 Å². The van der Waals surface area contributed by atoms with E-state index in [1.54, 1.807) is 17.4 Å². The van der Waals surface area contributed by atoms with Crippen molar-refractivity contribution in [1.82, 2.24) is 5.32 Å². The topological polar surface area (TPSA) is 38.3 Å². The molecule has 0 aliphatic heterocycles. The fraction of sp³-hybridized carbons (Fsp3) is 0.235. The fourth-order valence-electron chi connectivity index (χ4n) is 1.95. The molecule has 0 aliphatic rings. The van der Waals surface area contributed by atoms with Crippen LogP contribution in [0, 0.1) is 0 Å². The van der Waals surface area contributed by atoms with Crippen LogP contribution >= 0.6 is 0 Å². The van der Waals surface area contributed by atoms with Crippen molar-refractivity contribution in [3.63, 3.8) is 0 Å². The van der Waals surface area contributed by atoms with E-state index in [-0.39, 0.29) is 0 Å². The lowest BCUT2D eigenvalue weighted by Crippen LogP contribution is -2.41. The summed E-state index contributed by atoms with van der Waals surface area (Å²) in [5.74, 6) is -0.395. The van der Waals surface area contributed by atoms with Crippen molar-refractivity contribution >= 4 is 5.91 Å². The molecule has 3 nitrogen and oxygen atoms in total. The summed E-state index contributed by atoms with van der Waals surface area (Å²) < 4.78 is 41.5. The van der Waals surface area contributed by atoms with Gasteiger partial charge < -0.3 is 10.1 Å². The quantitative estimate of drug-likeness (QED) is 0.909. The minimum atomic E-state index is -4.44. The summed E-state index contributed by atoms with van der Waals surface area (Å²) >= 11 is 0. The maximum Gasteiger partial charge on any atom is 0.405 e. The third-order valence-electron chi connectivity index (χ3n) is 3.11. The number of alkyl halides is 3. The first-order chi connectivity index (χ1) is 10.8. The second kappa shape index (κ2) is 7.17. The number of carbonyl (C=O) groups is 1.